The van der Waals surface area contributed by atoms with Crippen LogP contribution in [-0.4, -0.2) is 46.0 Å². The highest BCUT2D eigenvalue weighted by Gasteiger charge is 2.38. The van der Waals surface area contributed by atoms with E-state index in [9.17, 15) is 26.7 Å². The number of nitrogens with one attached hydrogen (secondary N) is 1. The van der Waals surface area contributed by atoms with Gasteiger partial charge in [0, 0.05) is 18.7 Å². The number of halogens is 5. The van der Waals surface area contributed by atoms with Crippen LogP contribution < -0.4 is 5.32 Å². The fraction of sp³-hybridized carbons (Fsp3) is 0.316. The van der Waals surface area contributed by atoms with Crippen LogP contribution in [0.25, 0.3) is 0 Å². The highest BCUT2D eigenvalue weighted by atomic mass is 19.4. The number of hydrogen-bond acceptors (Lipinski definition) is 5. The fourth-order valence-corrected chi connectivity index (χ4v) is 2.97. The van der Waals surface area contributed by atoms with E-state index in [4.69, 9.17) is 4.74 Å². The molecule has 1 aliphatic heterocycles. The first kappa shape index (κ1) is 21.6. The number of likely N-dealkylation sites (tertiary alicyclic amines) is 1. The van der Waals surface area contributed by atoms with Crippen LogP contribution in [0.5, 0.6) is 0 Å². The summed E-state index contributed by atoms with van der Waals surface area (Å²) < 4.78 is 71.0. The number of anilines is 1. The molecule has 2 aromatic rings. The molecule has 1 amide bonds. The van der Waals surface area contributed by atoms with E-state index in [0.717, 1.165) is 42.7 Å². The number of hydrogen-bond donors (Lipinski definition) is 1. The summed E-state index contributed by atoms with van der Waals surface area (Å²) in [4.78, 5) is 20.8. The maximum atomic E-state index is 14.7. The van der Waals surface area contributed by atoms with Crippen molar-refractivity contribution in [3.05, 3.63) is 66.3 Å². The van der Waals surface area contributed by atoms with Crippen molar-refractivity contribution in [2.24, 2.45) is 0 Å². The fourth-order valence-electron chi connectivity index (χ4n) is 2.97. The van der Waals surface area contributed by atoms with Crippen LogP contribution in [0.3, 0.4) is 0 Å². The summed E-state index contributed by atoms with van der Waals surface area (Å²) in [6, 6.07) is 2.85. The SMILES string of the molecule is C=CC(=O)N1C[C@@H](Nc2ncc(F)cn2)[C@H](OC(F)c2ccc(C(F)(F)F)cc2)C1. The van der Waals surface area contributed by atoms with Crippen LogP contribution in [0, 0.1) is 5.82 Å². The van der Waals surface area contributed by atoms with Gasteiger partial charge in [-0.25, -0.2) is 18.7 Å². The Hall–Kier alpha value is -3.08. The van der Waals surface area contributed by atoms with Gasteiger partial charge in [0.2, 0.25) is 18.2 Å². The Bertz CT molecular complexity index is 889. The molecule has 1 aliphatic rings. The second-order valence-electron chi connectivity index (χ2n) is 6.53. The molecule has 1 saturated heterocycles. The van der Waals surface area contributed by atoms with Crippen molar-refractivity contribution in [3.63, 3.8) is 0 Å². The van der Waals surface area contributed by atoms with Crippen LogP contribution in [0.2, 0.25) is 0 Å². The average Bonchev–Trinajstić information content (AvgIpc) is 3.10. The highest BCUT2D eigenvalue weighted by Crippen LogP contribution is 2.31. The minimum absolute atomic E-state index is 0.00473. The zero-order chi connectivity index (χ0) is 21.9. The standard InChI is InChI=1S/C19H17F5N4O2/c1-2-16(29)28-9-14(27-18-25-7-13(20)8-26-18)15(10-28)30-17(21)11-3-5-12(6-4-11)19(22,23)24/h2-8,14-15,17H,1,9-10H2,(H,25,26,27)/t14-,15-,17?/m1/s1. The second kappa shape index (κ2) is 8.74. The van der Waals surface area contributed by atoms with Crippen molar-refractivity contribution in [2.45, 2.75) is 24.7 Å². The van der Waals surface area contributed by atoms with Crippen molar-refractivity contribution in [3.8, 4) is 0 Å². The molecule has 1 aromatic carbocycles. The van der Waals surface area contributed by atoms with Gasteiger partial charge in [-0.2, -0.15) is 13.2 Å². The van der Waals surface area contributed by atoms with E-state index in [2.05, 4.69) is 21.9 Å². The maximum absolute atomic E-state index is 14.7. The normalized spacial score (nSPS) is 20.1. The molecule has 0 spiro atoms. The molecule has 1 N–H and O–H groups in total. The summed E-state index contributed by atoms with van der Waals surface area (Å²) >= 11 is 0. The Balaban J connectivity index is 1.73. The van der Waals surface area contributed by atoms with Gasteiger partial charge >= 0.3 is 6.18 Å². The summed E-state index contributed by atoms with van der Waals surface area (Å²) in [6.07, 6.45) is -4.47. The number of alkyl halides is 4. The molecule has 3 atom stereocenters. The van der Waals surface area contributed by atoms with Crippen LogP contribution in [0.1, 0.15) is 17.5 Å². The molecule has 1 aromatic heterocycles. The number of rotatable bonds is 6. The van der Waals surface area contributed by atoms with Crippen LogP contribution in [-0.2, 0) is 15.7 Å². The summed E-state index contributed by atoms with van der Waals surface area (Å²) in [5.74, 6) is -1.000. The predicted octanol–water partition coefficient (Wildman–Crippen LogP) is 3.50. The predicted molar refractivity (Wildman–Crippen MR) is 96.3 cm³/mol. The number of carbonyl (C=O) groups is 1. The van der Waals surface area contributed by atoms with Crippen LogP contribution in [0.4, 0.5) is 27.9 Å². The number of ether oxygens (including phenoxy) is 1. The summed E-state index contributed by atoms with van der Waals surface area (Å²) in [7, 11) is 0. The molecule has 30 heavy (non-hydrogen) atoms. The van der Waals surface area contributed by atoms with Crippen molar-refractivity contribution >= 4 is 11.9 Å². The van der Waals surface area contributed by atoms with Crippen molar-refractivity contribution < 1.29 is 31.5 Å². The van der Waals surface area contributed by atoms with Crippen molar-refractivity contribution in [2.75, 3.05) is 18.4 Å². The third kappa shape index (κ3) is 5.09. The van der Waals surface area contributed by atoms with Gasteiger partial charge in [0.25, 0.3) is 0 Å². The number of nitrogens with zero attached hydrogens (tertiary/aromatic N) is 3. The number of aromatic nitrogens is 2. The molecule has 0 aliphatic carbocycles. The van der Waals surface area contributed by atoms with E-state index in [0.29, 0.717) is 0 Å². The lowest BCUT2D eigenvalue weighted by molar-refractivity contribution is -0.137. The lowest BCUT2D eigenvalue weighted by atomic mass is 10.1. The Morgan fingerprint density at radius 2 is 1.87 bits per heavy atom. The Labute approximate surface area is 168 Å². The number of carbonyl (C=O) groups excluding carboxylic acids is 1. The van der Waals surface area contributed by atoms with Gasteiger partial charge in [-0.05, 0) is 18.2 Å². The largest absolute Gasteiger partial charge is 0.416 e. The van der Waals surface area contributed by atoms with Gasteiger partial charge in [-0.15, -0.1) is 0 Å². The van der Waals surface area contributed by atoms with Gasteiger partial charge in [0.05, 0.1) is 24.0 Å². The van der Waals surface area contributed by atoms with E-state index in [-0.39, 0.29) is 24.6 Å². The molecule has 11 heteroatoms. The van der Waals surface area contributed by atoms with Crippen molar-refractivity contribution in [1.82, 2.24) is 14.9 Å². The van der Waals surface area contributed by atoms with E-state index < -0.39 is 42.0 Å². The summed E-state index contributed by atoms with van der Waals surface area (Å²) in [6.45, 7) is 3.51. The lowest BCUT2D eigenvalue weighted by Crippen LogP contribution is -2.35. The second-order valence-corrected chi connectivity index (χ2v) is 6.53. The minimum Gasteiger partial charge on any atom is -0.347 e. The lowest BCUT2D eigenvalue weighted by Gasteiger charge is -2.22. The van der Waals surface area contributed by atoms with E-state index in [1.165, 1.54) is 4.90 Å². The molecular weight excluding hydrogens is 411 g/mol. The molecule has 0 bridgehead atoms. The maximum Gasteiger partial charge on any atom is 0.416 e. The third-order valence-corrected chi connectivity index (χ3v) is 4.48. The number of amides is 1. The summed E-state index contributed by atoms with van der Waals surface area (Å²) in [5, 5.41) is 2.86. The Morgan fingerprint density at radius 3 is 2.43 bits per heavy atom. The van der Waals surface area contributed by atoms with Crippen LogP contribution in [0.15, 0.2) is 49.3 Å². The monoisotopic (exact) mass is 428 g/mol. The first-order chi connectivity index (χ1) is 14.2. The highest BCUT2D eigenvalue weighted by molar-refractivity contribution is 5.87. The molecule has 0 radical (unpaired) electrons. The Morgan fingerprint density at radius 1 is 1.23 bits per heavy atom. The van der Waals surface area contributed by atoms with E-state index >= 15 is 0 Å². The topological polar surface area (TPSA) is 67.4 Å². The first-order valence-corrected chi connectivity index (χ1v) is 8.79. The van der Waals surface area contributed by atoms with Crippen molar-refractivity contribution in [1.29, 1.82) is 0 Å². The van der Waals surface area contributed by atoms with Gasteiger partial charge < -0.3 is 15.0 Å². The molecule has 0 saturated carbocycles. The molecule has 160 valence electrons. The zero-order valence-electron chi connectivity index (χ0n) is 15.4. The molecule has 2 heterocycles. The van der Waals surface area contributed by atoms with E-state index in [1.807, 2.05) is 0 Å². The number of benzene rings is 1. The average molecular weight is 428 g/mol. The molecule has 1 fully saturated rings. The van der Waals surface area contributed by atoms with Crippen LogP contribution >= 0.6 is 0 Å². The van der Waals surface area contributed by atoms with Gasteiger partial charge in [0.15, 0.2) is 5.82 Å². The quantitative estimate of drug-likeness (QED) is 0.564. The third-order valence-electron chi connectivity index (χ3n) is 4.48. The smallest absolute Gasteiger partial charge is 0.347 e. The van der Waals surface area contributed by atoms with Gasteiger partial charge in [0.1, 0.15) is 6.10 Å². The van der Waals surface area contributed by atoms with E-state index in [1.54, 1.807) is 0 Å². The minimum atomic E-state index is -4.54. The van der Waals surface area contributed by atoms with Gasteiger partial charge in [-0.3, -0.25) is 4.79 Å². The van der Waals surface area contributed by atoms with Gasteiger partial charge in [-0.1, -0.05) is 18.7 Å². The summed E-state index contributed by atoms with van der Waals surface area (Å²) in [5.41, 5.74) is -1.01. The molecule has 1 unspecified atom stereocenters. The molecule has 6 nitrogen and oxygen atoms in total. The Kier molecular flexibility index (Phi) is 6.30. The first-order valence-electron chi connectivity index (χ1n) is 8.79. The molecule has 3 rings (SSSR count). The molecular formula is C19H17F5N4O2. The zero-order valence-corrected chi connectivity index (χ0v) is 15.4.